The fraction of sp³-hybridized carbons (Fsp3) is 0.524. The van der Waals surface area contributed by atoms with Gasteiger partial charge in [-0.1, -0.05) is 42.0 Å². The molecule has 1 aliphatic carbocycles. The average Bonchev–Trinajstić information content (AvgIpc) is 2.70. The van der Waals surface area contributed by atoms with Crippen molar-refractivity contribution in [2.24, 2.45) is 5.92 Å². The molecule has 1 aromatic carbocycles. The van der Waals surface area contributed by atoms with Crippen LogP contribution >= 0.6 is 0 Å². The summed E-state index contributed by atoms with van der Waals surface area (Å²) in [5, 5.41) is 5.87. The number of piperidine rings is 1. The summed E-state index contributed by atoms with van der Waals surface area (Å²) in [5.74, 6) is 0.720. The minimum atomic E-state index is -0.000354. The van der Waals surface area contributed by atoms with Crippen molar-refractivity contribution in [3.63, 3.8) is 0 Å². The smallest absolute Gasteiger partial charge is 0.317 e. The standard InChI is InChI=1S/C21H29N3O2/c25-20(23-15-17-7-2-1-3-8-17)11-6-13-22-21(26)24-14-12-18-9-4-5-10-19(18)16-24/h1-3,7-8,10,18H,4-6,9,11-16H2,(H,22,26)(H,23,25). The largest absolute Gasteiger partial charge is 0.352 e. The summed E-state index contributed by atoms with van der Waals surface area (Å²) in [6.07, 6.45) is 8.21. The second kappa shape index (κ2) is 9.41. The molecule has 2 aliphatic rings. The van der Waals surface area contributed by atoms with E-state index in [1.807, 2.05) is 35.2 Å². The third kappa shape index (κ3) is 5.35. The highest BCUT2D eigenvalue weighted by Crippen LogP contribution is 2.31. The van der Waals surface area contributed by atoms with E-state index in [-0.39, 0.29) is 11.9 Å². The minimum Gasteiger partial charge on any atom is -0.352 e. The van der Waals surface area contributed by atoms with Gasteiger partial charge in [0, 0.05) is 32.6 Å². The molecule has 0 bridgehead atoms. The molecule has 1 heterocycles. The summed E-state index contributed by atoms with van der Waals surface area (Å²) in [7, 11) is 0. The maximum absolute atomic E-state index is 12.3. The van der Waals surface area contributed by atoms with Gasteiger partial charge >= 0.3 is 6.03 Å². The van der Waals surface area contributed by atoms with Crippen molar-refractivity contribution in [1.82, 2.24) is 15.5 Å². The van der Waals surface area contributed by atoms with E-state index in [0.717, 1.165) is 31.5 Å². The van der Waals surface area contributed by atoms with Crippen LogP contribution in [0.5, 0.6) is 0 Å². The molecular formula is C21H29N3O2. The zero-order valence-electron chi connectivity index (χ0n) is 15.4. The number of carbonyl (C=O) groups is 2. The molecule has 1 saturated heterocycles. The Hall–Kier alpha value is -2.30. The minimum absolute atomic E-state index is 0.000354. The number of carbonyl (C=O) groups excluding carboxylic acids is 2. The van der Waals surface area contributed by atoms with E-state index in [1.165, 1.54) is 18.4 Å². The van der Waals surface area contributed by atoms with Crippen LogP contribution in [0.2, 0.25) is 0 Å². The highest BCUT2D eigenvalue weighted by molar-refractivity contribution is 5.76. The van der Waals surface area contributed by atoms with Crippen molar-refractivity contribution in [1.29, 1.82) is 0 Å². The van der Waals surface area contributed by atoms with Crippen LogP contribution in [0.25, 0.3) is 0 Å². The maximum Gasteiger partial charge on any atom is 0.317 e. The van der Waals surface area contributed by atoms with Crippen LogP contribution in [0.1, 0.15) is 44.1 Å². The number of nitrogens with zero attached hydrogens (tertiary/aromatic N) is 1. The molecule has 0 spiro atoms. The number of nitrogens with one attached hydrogen (secondary N) is 2. The van der Waals surface area contributed by atoms with Crippen molar-refractivity contribution in [2.75, 3.05) is 19.6 Å². The second-order valence-electron chi connectivity index (χ2n) is 7.21. The lowest BCUT2D eigenvalue weighted by Crippen LogP contribution is -2.46. The molecule has 26 heavy (non-hydrogen) atoms. The first-order valence-electron chi connectivity index (χ1n) is 9.74. The molecular weight excluding hydrogens is 326 g/mol. The summed E-state index contributed by atoms with van der Waals surface area (Å²) < 4.78 is 0. The summed E-state index contributed by atoms with van der Waals surface area (Å²) in [6.45, 7) is 2.70. The lowest BCUT2D eigenvalue weighted by molar-refractivity contribution is -0.121. The van der Waals surface area contributed by atoms with E-state index < -0.39 is 0 Å². The zero-order chi connectivity index (χ0) is 18.2. The van der Waals surface area contributed by atoms with Crippen LogP contribution in [-0.4, -0.2) is 36.5 Å². The van der Waals surface area contributed by atoms with Crippen LogP contribution in [-0.2, 0) is 11.3 Å². The van der Waals surface area contributed by atoms with E-state index in [0.29, 0.717) is 31.8 Å². The topological polar surface area (TPSA) is 61.4 Å². The van der Waals surface area contributed by atoms with Gasteiger partial charge in [0.05, 0.1) is 0 Å². The molecule has 1 aliphatic heterocycles. The van der Waals surface area contributed by atoms with Crippen LogP contribution in [0.3, 0.4) is 0 Å². The molecule has 1 unspecified atom stereocenters. The molecule has 0 radical (unpaired) electrons. The number of amides is 3. The highest BCUT2D eigenvalue weighted by atomic mass is 16.2. The quantitative estimate of drug-likeness (QED) is 0.608. The molecule has 0 saturated carbocycles. The van der Waals surface area contributed by atoms with Crippen LogP contribution in [0, 0.1) is 5.92 Å². The lowest BCUT2D eigenvalue weighted by Gasteiger charge is -2.36. The Balaban J connectivity index is 1.30. The lowest BCUT2D eigenvalue weighted by atomic mass is 9.82. The van der Waals surface area contributed by atoms with Gasteiger partial charge < -0.3 is 15.5 Å². The van der Waals surface area contributed by atoms with Crippen LogP contribution in [0.15, 0.2) is 42.0 Å². The Morgan fingerprint density at radius 2 is 1.96 bits per heavy atom. The van der Waals surface area contributed by atoms with Gasteiger partial charge in [-0.2, -0.15) is 0 Å². The highest BCUT2D eigenvalue weighted by Gasteiger charge is 2.27. The van der Waals surface area contributed by atoms with Gasteiger partial charge in [-0.3, -0.25) is 4.79 Å². The molecule has 5 heteroatoms. The number of likely N-dealkylation sites (tertiary alicyclic amines) is 1. The van der Waals surface area contributed by atoms with Gasteiger partial charge in [-0.05, 0) is 43.6 Å². The van der Waals surface area contributed by atoms with E-state index in [1.54, 1.807) is 0 Å². The molecule has 0 aromatic heterocycles. The predicted molar refractivity (Wildman–Crippen MR) is 103 cm³/mol. The van der Waals surface area contributed by atoms with E-state index in [9.17, 15) is 9.59 Å². The Kier molecular flexibility index (Phi) is 6.69. The third-order valence-electron chi connectivity index (χ3n) is 5.29. The molecule has 2 N–H and O–H groups in total. The van der Waals surface area contributed by atoms with Gasteiger partial charge in [0.25, 0.3) is 0 Å². The van der Waals surface area contributed by atoms with Gasteiger partial charge in [-0.15, -0.1) is 0 Å². The average molecular weight is 355 g/mol. The van der Waals surface area contributed by atoms with Crippen molar-refractivity contribution in [2.45, 2.75) is 45.1 Å². The third-order valence-corrected chi connectivity index (χ3v) is 5.29. The molecule has 140 valence electrons. The number of urea groups is 1. The van der Waals surface area contributed by atoms with Gasteiger partial charge in [-0.25, -0.2) is 4.79 Å². The number of fused-ring (bicyclic) bond motifs is 1. The first-order valence-corrected chi connectivity index (χ1v) is 9.74. The van der Waals surface area contributed by atoms with Gasteiger partial charge in [0.15, 0.2) is 0 Å². The van der Waals surface area contributed by atoms with Crippen LogP contribution < -0.4 is 10.6 Å². The Morgan fingerprint density at radius 1 is 1.12 bits per heavy atom. The van der Waals surface area contributed by atoms with Crippen LogP contribution in [0.4, 0.5) is 4.79 Å². The number of benzene rings is 1. The molecule has 1 fully saturated rings. The fourth-order valence-corrected chi connectivity index (χ4v) is 3.75. The molecule has 5 nitrogen and oxygen atoms in total. The fourth-order valence-electron chi connectivity index (χ4n) is 3.75. The predicted octanol–water partition coefficient (Wildman–Crippen LogP) is 3.22. The Bertz CT molecular complexity index is 642. The number of allylic oxidation sites excluding steroid dienone is 1. The Morgan fingerprint density at radius 3 is 2.81 bits per heavy atom. The van der Waals surface area contributed by atoms with Gasteiger partial charge in [0.1, 0.15) is 0 Å². The monoisotopic (exact) mass is 355 g/mol. The summed E-state index contributed by atoms with van der Waals surface area (Å²) >= 11 is 0. The number of rotatable bonds is 6. The Labute approximate surface area is 155 Å². The summed E-state index contributed by atoms with van der Waals surface area (Å²) in [5.41, 5.74) is 2.53. The van der Waals surface area contributed by atoms with Crippen molar-refractivity contribution >= 4 is 11.9 Å². The summed E-state index contributed by atoms with van der Waals surface area (Å²) in [6, 6.07) is 9.87. The van der Waals surface area contributed by atoms with Crippen molar-refractivity contribution in [3.8, 4) is 0 Å². The maximum atomic E-state index is 12.3. The van der Waals surface area contributed by atoms with E-state index >= 15 is 0 Å². The normalized spacial score (nSPS) is 19.3. The molecule has 1 atom stereocenters. The molecule has 3 amide bonds. The van der Waals surface area contributed by atoms with E-state index in [4.69, 9.17) is 0 Å². The summed E-state index contributed by atoms with van der Waals surface area (Å²) in [4.78, 5) is 26.1. The van der Waals surface area contributed by atoms with Gasteiger partial charge in [0.2, 0.25) is 5.91 Å². The SMILES string of the molecule is O=C(CCCNC(=O)N1CCC2CCCC=C2C1)NCc1ccccc1. The van der Waals surface area contributed by atoms with Crippen molar-refractivity contribution < 1.29 is 9.59 Å². The number of hydrogen-bond donors (Lipinski definition) is 2. The second-order valence-corrected chi connectivity index (χ2v) is 7.21. The number of hydrogen-bond acceptors (Lipinski definition) is 2. The van der Waals surface area contributed by atoms with E-state index in [2.05, 4.69) is 16.7 Å². The van der Waals surface area contributed by atoms with Crippen molar-refractivity contribution in [3.05, 3.63) is 47.5 Å². The zero-order valence-corrected chi connectivity index (χ0v) is 15.4. The molecule has 3 rings (SSSR count). The first kappa shape index (κ1) is 18.5. The molecule has 1 aromatic rings. The first-order chi connectivity index (χ1) is 12.7.